The van der Waals surface area contributed by atoms with Crippen LogP contribution in [0.3, 0.4) is 0 Å². The molecule has 1 rings (SSSR count). The van der Waals surface area contributed by atoms with Crippen molar-refractivity contribution in [3.63, 3.8) is 0 Å². The molecule has 0 radical (unpaired) electrons. The van der Waals surface area contributed by atoms with Gasteiger partial charge in [0.25, 0.3) is 0 Å². The molecule has 21 heavy (non-hydrogen) atoms. The van der Waals surface area contributed by atoms with Crippen LogP contribution >= 0.6 is 0 Å². The second-order valence-electron chi connectivity index (χ2n) is 5.30. The number of benzene rings is 1. The summed E-state index contributed by atoms with van der Waals surface area (Å²) in [6.45, 7) is 3.97. The van der Waals surface area contributed by atoms with Crippen molar-refractivity contribution in [2.75, 3.05) is 0 Å². The first kappa shape index (κ1) is 17.7. The van der Waals surface area contributed by atoms with Crippen molar-refractivity contribution in [3.05, 3.63) is 29.6 Å². The summed E-state index contributed by atoms with van der Waals surface area (Å²) in [4.78, 5) is 0. The van der Waals surface area contributed by atoms with Crippen LogP contribution in [0.4, 0.5) is 17.6 Å². The molecule has 0 aliphatic rings. The minimum atomic E-state index is -4.96. The van der Waals surface area contributed by atoms with Crippen LogP contribution in [0.5, 0.6) is 5.75 Å². The smallest absolute Gasteiger partial charge is 0.403 e. The summed E-state index contributed by atoms with van der Waals surface area (Å²) in [5, 5.41) is 9.91. The average Bonchev–Trinajstić information content (AvgIpc) is 2.36. The highest BCUT2D eigenvalue weighted by Crippen LogP contribution is 2.28. The molecule has 0 spiro atoms. The van der Waals surface area contributed by atoms with Crippen LogP contribution in [0.1, 0.15) is 38.3 Å². The zero-order valence-corrected chi connectivity index (χ0v) is 11.8. The van der Waals surface area contributed by atoms with Crippen molar-refractivity contribution >= 4 is 0 Å². The van der Waals surface area contributed by atoms with Crippen LogP contribution < -0.4 is 10.5 Å². The molecule has 7 heteroatoms. The highest BCUT2D eigenvalue weighted by molar-refractivity contribution is 5.31. The van der Waals surface area contributed by atoms with Gasteiger partial charge in [0.1, 0.15) is 0 Å². The maximum atomic E-state index is 13.6. The number of aliphatic hydroxyl groups is 1. The standard InChI is InChI=1S/C14H19F4NO2/c1-8(2)3-5-11(20)13(19)9-4-6-12(10(15)7-9)21-14(16,17)18/h4,6-8,11,13,20H,3,5,19H2,1-2H3/t11-,13+/m0/s1. The van der Waals surface area contributed by atoms with Gasteiger partial charge in [-0.1, -0.05) is 19.9 Å². The lowest BCUT2D eigenvalue weighted by Gasteiger charge is -2.20. The van der Waals surface area contributed by atoms with E-state index in [0.29, 0.717) is 12.3 Å². The molecular formula is C14H19F4NO2. The summed E-state index contributed by atoms with van der Waals surface area (Å²) in [5.41, 5.74) is 6.01. The number of hydrogen-bond acceptors (Lipinski definition) is 3. The number of rotatable bonds is 6. The number of nitrogens with two attached hydrogens (primary N) is 1. The Balaban J connectivity index is 2.78. The Kier molecular flexibility index (Phi) is 5.98. The summed E-state index contributed by atoms with van der Waals surface area (Å²) in [6, 6.07) is 2.06. The van der Waals surface area contributed by atoms with Gasteiger partial charge in [0.15, 0.2) is 11.6 Å². The van der Waals surface area contributed by atoms with Gasteiger partial charge in [-0.25, -0.2) is 4.39 Å². The highest BCUT2D eigenvalue weighted by atomic mass is 19.4. The van der Waals surface area contributed by atoms with E-state index in [-0.39, 0.29) is 5.56 Å². The summed E-state index contributed by atoms with van der Waals surface area (Å²) in [6.07, 6.45) is -4.67. The number of halogens is 4. The lowest BCUT2D eigenvalue weighted by Crippen LogP contribution is -2.26. The van der Waals surface area contributed by atoms with Crippen molar-refractivity contribution in [2.24, 2.45) is 11.7 Å². The van der Waals surface area contributed by atoms with E-state index in [9.17, 15) is 22.7 Å². The lowest BCUT2D eigenvalue weighted by atomic mass is 9.96. The molecule has 0 bridgehead atoms. The van der Waals surface area contributed by atoms with Crippen LogP contribution in [0.2, 0.25) is 0 Å². The van der Waals surface area contributed by atoms with Gasteiger partial charge in [-0.3, -0.25) is 0 Å². The largest absolute Gasteiger partial charge is 0.573 e. The quantitative estimate of drug-likeness (QED) is 0.791. The molecule has 120 valence electrons. The van der Waals surface area contributed by atoms with Crippen molar-refractivity contribution < 1.29 is 27.4 Å². The maximum Gasteiger partial charge on any atom is 0.573 e. The van der Waals surface area contributed by atoms with Gasteiger partial charge in [0.2, 0.25) is 0 Å². The summed E-state index contributed by atoms with van der Waals surface area (Å²) in [5.74, 6) is -1.71. The molecule has 3 nitrogen and oxygen atoms in total. The van der Waals surface area contributed by atoms with Crippen molar-refractivity contribution in [2.45, 2.75) is 45.2 Å². The van der Waals surface area contributed by atoms with Crippen molar-refractivity contribution in [1.82, 2.24) is 0 Å². The predicted octanol–water partition coefficient (Wildman–Crippen LogP) is 3.52. The van der Waals surface area contributed by atoms with Gasteiger partial charge in [-0.15, -0.1) is 13.2 Å². The van der Waals surface area contributed by atoms with E-state index in [1.54, 1.807) is 0 Å². The first-order chi connectivity index (χ1) is 9.60. The molecule has 1 aromatic carbocycles. The van der Waals surface area contributed by atoms with Gasteiger partial charge in [-0.05, 0) is 36.5 Å². The first-order valence-electron chi connectivity index (χ1n) is 6.59. The van der Waals surface area contributed by atoms with E-state index in [1.165, 1.54) is 6.07 Å². The minimum Gasteiger partial charge on any atom is -0.403 e. The third kappa shape index (κ3) is 5.89. The van der Waals surface area contributed by atoms with Gasteiger partial charge in [0.05, 0.1) is 12.1 Å². The molecule has 0 unspecified atom stereocenters. The monoisotopic (exact) mass is 309 g/mol. The predicted molar refractivity (Wildman–Crippen MR) is 70.1 cm³/mol. The van der Waals surface area contributed by atoms with Gasteiger partial charge >= 0.3 is 6.36 Å². The number of aliphatic hydroxyl groups excluding tert-OH is 1. The Morgan fingerprint density at radius 1 is 1.24 bits per heavy atom. The number of hydrogen-bond donors (Lipinski definition) is 2. The fourth-order valence-corrected chi connectivity index (χ4v) is 1.84. The normalized spacial score (nSPS) is 15.1. The van der Waals surface area contributed by atoms with Crippen LogP contribution in [0.25, 0.3) is 0 Å². The summed E-state index contributed by atoms with van der Waals surface area (Å²) >= 11 is 0. The first-order valence-corrected chi connectivity index (χ1v) is 6.59. The molecule has 0 aliphatic carbocycles. The molecular weight excluding hydrogens is 290 g/mol. The third-order valence-electron chi connectivity index (χ3n) is 3.02. The van der Waals surface area contributed by atoms with Gasteiger partial charge < -0.3 is 15.6 Å². The summed E-state index contributed by atoms with van der Waals surface area (Å²) in [7, 11) is 0. The zero-order valence-electron chi connectivity index (χ0n) is 11.8. The second kappa shape index (κ2) is 7.09. The van der Waals surface area contributed by atoms with E-state index in [1.807, 2.05) is 13.8 Å². The molecule has 1 aromatic rings. The van der Waals surface area contributed by atoms with Crippen LogP contribution in [0, 0.1) is 11.7 Å². The molecule has 0 aliphatic heterocycles. The minimum absolute atomic E-state index is 0.221. The lowest BCUT2D eigenvalue weighted by molar-refractivity contribution is -0.275. The second-order valence-corrected chi connectivity index (χ2v) is 5.30. The Morgan fingerprint density at radius 3 is 2.33 bits per heavy atom. The Bertz CT molecular complexity index is 463. The molecule has 0 fully saturated rings. The maximum absolute atomic E-state index is 13.6. The summed E-state index contributed by atoms with van der Waals surface area (Å²) < 4.78 is 53.2. The van der Waals surface area contributed by atoms with Gasteiger partial charge in [-0.2, -0.15) is 0 Å². The molecule has 3 N–H and O–H groups in total. The highest BCUT2D eigenvalue weighted by Gasteiger charge is 2.32. The van der Waals surface area contributed by atoms with E-state index in [0.717, 1.165) is 18.6 Å². The van der Waals surface area contributed by atoms with Crippen molar-refractivity contribution in [3.8, 4) is 5.75 Å². The molecule has 0 aromatic heterocycles. The molecule has 0 saturated heterocycles. The van der Waals surface area contributed by atoms with Crippen LogP contribution in [-0.2, 0) is 0 Å². The van der Waals surface area contributed by atoms with Crippen LogP contribution in [-0.4, -0.2) is 17.6 Å². The average molecular weight is 309 g/mol. The molecule has 0 saturated carbocycles. The third-order valence-corrected chi connectivity index (χ3v) is 3.02. The molecule has 2 atom stereocenters. The Labute approximate surface area is 120 Å². The number of alkyl halides is 3. The fourth-order valence-electron chi connectivity index (χ4n) is 1.84. The Hall–Kier alpha value is -1.34. The van der Waals surface area contributed by atoms with E-state index in [4.69, 9.17) is 5.73 Å². The topological polar surface area (TPSA) is 55.5 Å². The van der Waals surface area contributed by atoms with E-state index >= 15 is 0 Å². The van der Waals surface area contributed by atoms with Gasteiger partial charge in [0, 0.05) is 0 Å². The van der Waals surface area contributed by atoms with Crippen molar-refractivity contribution in [1.29, 1.82) is 0 Å². The van der Waals surface area contributed by atoms with E-state index in [2.05, 4.69) is 4.74 Å². The van der Waals surface area contributed by atoms with Crippen LogP contribution in [0.15, 0.2) is 18.2 Å². The molecule has 0 amide bonds. The van der Waals surface area contributed by atoms with E-state index < -0.39 is 30.1 Å². The fraction of sp³-hybridized carbons (Fsp3) is 0.571. The Morgan fingerprint density at radius 2 is 1.86 bits per heavy atom. The zero-order chi connectivity index (χ0) is 16.2. The number of ether oxygens (including phenoxy) is 1. The molecule has 0 heterocycles. The SMILES string of the molecule is CC(C)CC[C@H](O)[C@H](N)c1ccc(OC(F)(F)F)c(F)c1.